The second kappa shape index (κ2) is 6.87. The summed E-state index contributed by atoms with van der Waals surface area (Å²) in [6.07, 6.45) is 4.84. The third-order valence-electron chi connectivity index (χ3n) is 4.29. The molecule has 6 nitrogen and oxygen atoms in total. The zero-order valence-corrected chi connectivity index (χ0v) is 12.7. The molecule has 2 aliphatic rings. The van der Waals surface area contributed by atoms with Crippen molar-refractivity contribution in [3.63, 3.8) is 0 Å². The lowest BCUT2D eigenvalue weighted by Crippen LogP contribution is -2.39. The Labute approximate surface area is 125 Å². The van der Waals surface area contributed by atoms with Crippen LogP contribution in [0.2, 0.25) is 0 Å². The SMILES string of the molecule is Cn1cnc2c1CCN(CC(O)COCC1CCCO1)C2. The lowest BCUT2D eigenvalue weighted by atomic mass is 10.1. The number of imidazole rings is 1. The minimum Gasteiger partial charge on any atom is -0.389 e. The Balaban J connectivity index is 1.38. The summed E-state index contributed by atoms with van der Waals surface area (Å²) in [6.45, 7) is 4.25. The summed E-state index contributed by atoms with van der Waals surface area (Å²) in [4.78, 5) is 6.67. The monoisotopic (exact) mass is 295 g/mol. The molecule has 21 heavy (non-hydrogen) atoms. The van der Waals surface area contributed by atoms with Crippen LogP contribution >= 0.6 is 0 Å². The van der Waals surface area contributed by atoms with Gasteiger partial charge in [0.2, 0.25) is 0 Å². The van der Waals surface area contributed by atoms with E-state index >= 15 is 0 Å². The fourth-order valence-corrected chi connectivity index (χ4v) is 3.13. The summed E-state index contributed by atoms with van der Waals surface area (Å²) in [7, 11) is 2.04. The summed E-state index contributed by atoms with van der Waals surface area (Å²) in [5.41, 5.74) is 2.45. The van der Waals surface area contributed by atoms with Crippen molar-refractivity contribution in [1.82, 2.24) is 14.5 Å². The van der Waals surface area contributed by atoms with E-state index in [0.29, 0.717) is 19.8 Å². The molecule has 118 valence electrons. The molecule has 1 aromatic rings. The number of aliphatic hydroxyl groups excluding tert-OH is 1. The largest absolute Gasteiger partial charge is 0.389 e. The van der Waals surface area contributed by atoms with E-state index in [1.807, 2.05) is 13.4 Å². The van der Waals surface area contributed by atoms with Gasteiger partial charge in [-0.15, -0.1) is 0 Å². The molecule has 2 atom stereocenters. The van der Waals surface area contributed by atoms with Crippen LogP contribution < -0.4 is 0 Å². The molecule has 1 saturated heterocycles. The highest BCUT2D eigenvalue weighted by Gasteiger charge is 2.22. The lowest BCUT2D eigenvalue weighted by molar-refractivity contribution is -0.0262. The molecular formula is C15H25N3O3. The fourth-order valence-electron chi connectivity index (χ4n) is 3.13. The Morgan fingerprint density at radius 1 is 1.57 bits per heavy atom. The van der Waals surface area contributed by atoms with Crippen molar-refractivity contribution in [2.45, 2.75) is 38.0 Å². The minimum atomic E-state index is -0.448. The van der Waals surface area contributed by atoms with Gasteiger partial charge in [0, 0.05) is 45.4 Å². The molecular weight excluding hydrogens is 270 g/mol. The Bertz CT molecular complexity index is 457. The molecule has 2 unspecified atom stereocenters. The molecule has 1 aromatic heterocycles. The van der Waals surface area contributed by atoms with Gasteiger partial charge in [-0.05, 0) is 12.8 Å². The Hall–Kier alpha value is -0.950. The van der Waals surface area contributed by atoms with Crippen LogP contribution in [0.3, 0.4) is 0 Å². The highest BCUT2D eigenvalue weighted by molar-refractivity contribution is 5.16. The first kappa shape index (κ1) is 15.0. The average molecular weight is 295 g/mol. The van der Waals surface area contributed by atoms with Gasteiger partial charge in [0.1, 0.15) is 0 Å². The maximum Gasteiger partial charge on any atom is 0.0949 e. The van der Waals surface area contributed by atoms with Crippen molar-refractivity contribution < 1.29 is 14.6 Å². The predicted octanol–water partition coefficient (Wildman–Crippen LogP) is 0.335. The normalized spacial score (nSPS) is 24.2. The van der Waals surface area contributed by atoms with Gasteiger partial charge < -0.3 is 19.1 Å². The van der Waals surface area contributed by atoms with E-state index in [0.717, 1.165) is 44.7 Å². The van der Waals surface area contributed by atoms with Crippen LogP contribution in [-0.2, 0) is 29.5 Å². The molecule has 1 fully saturated rings. The predicted molar refractivity (Wildman–Crippen MR) is 78.0 cm³/mol. The molecule has 3 rings (SSSR count). The van der Waals surface area contributed by atoms with E-state index in [2.05, 4.69) is 14.5 Å². The standard InChI is InChI=1S/C15H25N3O3/c1-17-11-16-14-8-18(5-4-15(14)17)7-12(19)9-20-10-13-3-2-6-21-13/h11-13,19H,2-10H2,1H3. The number of hydrogen-bond donors (Lipinski definition) is 1. The van der Waals surface area contributed by atoms with Gasteiger partial charge in [-0.25, -0.2) is 4.98 Å². The molecule has 3 heterocycles. The van der Waals surface area contributed by atoms with Crippen LogP contribution in [0.25, 0.3) is 0 Å². The highest BCUT2D eigenvalue weighted by Crippen LogP contribution is 2.17. The van der Waals surface area contributed by atoms with E-state index < -0.39 is 6.10 Å². The van der Waals surface area contributed by atoms with Gasteiger partial charge in [0.15, 0.2) is 0 Å². The Morgan fingerprint density at radius 2 is 2.48 bits per heavy atom. The maximum atomic E-state index is 10.1. The Kier molecular flexibility index (Phi) is 4.90. The van der Waals surface area contributed by atoms with E-state index in [-0.39, 0.29) is 6.10 Å². The van der Waals surface area contributed by atoms with Gasteiger partial charge in [-0.2, -0.15) is 0 Å². The van der Waals surface area contributed by atoms with Gasteiger partial charge in [0.05, 0.1) is 37.4 Å². The van der Waals surface area contributed by atoms with Crippen molar-refractivity contribution in [3.8, 4) is 0 Å². The molecule has 2 aliphatic heterocycles. The number of ether oxygens (including phenoxy) is 2. The molecule has 0 aromatic carbocycles. The van der Waals surface area contributed by atoms with Crippen molar-refractivity contribution in [1.29, 1.82) is 0 Å². The molecule has 6 heteroatoms. The lowest BCUT2D eigenvalue weighted by Gasteiger charge is -2.28. The van der Waals surface area contributed by atoms with Gasteiger partial charge in [-0.3, -0.25) is 4.90 Å². The van der Waals surface area contributed by atoms with Crippen molar-refractivity contribution in [2.24, 2.45) is 7.05 Å². The van der Waals surface area contributed by atoms with E-state index in [1.165, 1.54) is 5.69 Å². The summed E-state index contributed by atoms with van der Waals surface area (Å²) < 4.78 is 13.2. The number of aromatic nitrogens is 2. The van der Waals surface area contributed by atoms with Crippen LogP contribution in [0.5, 0.6) is 0 Å². The van der Waals surface area contributed by atoms with Crippen LogP contribution in [0.15, 0.2) is 6.33 Å². The first-order valence-electron chi connectivity index (χ1n) is 7.81. The molecule has 0 spiro atoms. The topological polar surface area (TPSA) is 59.8 Å². The second-order valence-corrected chi connectivity index (χ2v) is 6.06. The summed E-state index contributed by atoms with van der Waals surface area (Å²) in [5, 5.41) is 10.1. The van der Waals surface area contributed by atoms with Crippen LogP contribution in [-0.4, -0.2) is 64.7 Å². The third kappa shape index (κ3) is 3.83. The van der Waals surface area contributed by atoms with Crippen molar-refractivity contribution in [2.75, 3.05) is 32.9 Å². The van der Waals surface area contributed by atoms with Crippen LogP contribution in [0.1, 0.15) is 24.2 Å². The van der Waals surface area contributed by atoms with Gasteiger partial charge in [-0.1, -0.05) is 0 Å². The molecule has 0 bridgehead atoms. The number of aryl methyl sites for hydroxylation is 1. The van der Waals surface area contributed by atoms with E-state index in [9.17, 15) is 5.11 Å². The van der Waals surface area contributed by atoms with E-state index in [4.69, 9.17) is 9.47 Å². The summed E-state index contributed by atoms with van der Waals surface area (Å²) in [6, 6.07) is 0. The number of rotatable bonds is 6. The Morgan fingerprint density at radius 3 is 3.29 bits per heavy atom. The first-order chi connectivity index (χ1) is 10.2. The molecule has 0 radical (unpaired) electrons. The fraction of sp³-hybridized carbons (Fsp3) is 0.800. The molecule has 1 N–H and O–H groups in total. The molecule has 0 saturated carbocycles. The van der Waals surface area contributed by atoms with Crippen LogP contribution in [0.4, 0.5) is 0 Å². The quantitative estimate of drug-likeness (QED) is 0.820. The number of β-amino-alcohol motifs (C(OH)–C–C–N with tert-alkyl or cyclic N) is 1. The number of hydrogen-bond acceptors (Lipinski definition) is 5. The van der Waals surface area contributed by atoms with Crippen LogP contribution in [0, 0.1) is 0 Å². The zero-order chi connectivity index (χ0) is 14.7. The summed E-state index contributed by atoms with van der Waals surface area (Å²) >= 11 is 0. The number of nitrogens with zero attached hydrogens (tertiary/aromatic N) is 3. The number of aliphatic hydroxyl groups is 1. The molecule has 0 amide bonds. The smallest absolute Gasteiger partial charge is 0.0949 e. The maximum absolute atomic E-state index is 10.1. The third-order valence-corrected chi connectivity index (χ3v) is 4.29. The van der Waals surface area contributed by atoms with Crippen molar-refractivity contribution >= 4 is 0 Å². The molecule has 0 aliphatic carbocycles. The second-order valence-electron chi connectivity index (χ2n) is 6.06. The van der Waals surface area contributed by atoms with Crippen molar-refractivity contribution in [3.05, 3.63) is 17.7 Å². The van der Waals surface area contributed by atoms with Gasteiger partial charge in [0.25, 0.3) is 0 Å². The highest BCUT2D eigenvalue weighted by atomic mass is 16.5. The van der Waals surface area contributed by atoms with E-state index in [1.54, 1.807) is 0 Å². The van der Waals surface area contributed by atoms with Gasteiger partial charge >= 0.3 is 0 Å². The number of fused-ring (bicyclic) bond motifs is 1. The first-order valence-corrected chi connectivity index (χ1v) is 7.81. The zero-order valence-electron chi connectivity index (χ0n) is 12.7. The summed E-state index contributed by atoms with van der Waals surface area (Å²) in [5.74, 6) is 0. The minimum absolute atomic E-state index is 0.225. The average Bonchev–Trinajstić information content (AvgIpc) is 3.09.